The van der Waals surface area contributed by atoms with E-state index in [9.17, 15) is 4.79 Å². The SMILES string of the molecule is COC(=O)c1cccc(COCC(C#N)NC(C)(C)C)c1. The molecule has 1 aromatic rings. The van der Waals surface area contributed by atoms with E-state index >= 15 is 0 Å². The van der Waals surface area contributed by atoms with Crippen LogP contribution in [-0.2, 0) is 16.1 Å². The molecule has 1 rings (SSSR count). The first-order valence-electron chi connectivity index (χ1n) is 6.78. The van der Waals surface area contributed by atoms with Gasteiger partial charge in [-0.25, -0.2) is 4.79 Å². The van der Waals surface area contributed by atoms with Crippen LogP contribution < -0.4 is 5.32 Å². The van der Waals surface area contributed by atoms with Crippen molar-refractivity contribution in [2.24, 2.45) is 0 Å². The van der Waals surface area contributed by atoms with Crippen LogP contribution in [0.2, 0.25) is 0 Å². The Kier molecular flexibility index (Phi) is 6.35. The van der Waals surface area contributed by atoms with Gasteiger partial charge in [0.15, 0.2) is 0 Å². The fourth-order valence-corrected chi connectivity index (χ4v) is 1.83. The Morgan fingerprint density at radius 1 is 1.43 bits per heavy atom. The fourth-order valence-electron chi connectivity index (χ4n) is 1.83. The summed E-state index contributed by atoms with van der Waals surface area (Å²) in [4.78, 5) is 11.4. The Hall–Kier alpha value is -1.90. The molecule has 0 spiro atoms. The van der Waals surface area contributed by atoms with Crippen LogP contribution in [-0.4, -0.2) is 31.3 Å². The molecule has 114 valence electrons. The van der Waals surface area contributed by atoms with Crippen molar-refractivity contribution in [3.8, 4) is 6.07 Å². The minimum absolute atomic E-state index is 0.144. The maximum Gasteiger partial charge on any atom is 0.337 e. The number of benzene rings is 1. The van der Waals surface area contributed by atoms with Crippen molar-refractivity contribution in [3.05, 3.63) is 35.4 Å². The summed E-state index contributed by atoms with van der Waals surface area (Å²) in [5.41, 5.74) is 1.21. The van der Waals surface area contributed by atoms with Crippen LogP contribution in [0.1, 0.15) is 36.7 Å². The van der Waals surface area contributed by atoms with Crippen LogP contribution >= 0.6 is 0 Å². The van der Waals surface area contributed by atoms with Gasteiger partial charge < -0.3 is 9.47 Å². The lowest BCUT2D eigenvalue weighted by Crippen LogP contribution is -2.45. The van der Waals surface area contributed by atoms with Crippen LogP contribution in [0.15, 0.2) is 24.3 Å². The number of hydrogen-bond donors (Lipinski definition) is 1. The average molecular weight is 290 g/mol. The van der Waals surface area contributed by atoms with Crippen LogP contribution in [0, 0.1) is 11.3 Å². The molecule has 0 saturated heterocycles. The molecule has 5 nitrogen and oxygen atoms in total. The van der Waals surface area contributed by atoms with Crippen molar-refractivity contribution in [3.63, 3.8) is 0 Å². The number of carbonyl (C=O) groups excluding carboxylic acids is 1. The molecule has 0 saturated carbocycles. The number of rotatable bonds is 6. The van der Waals surface area contributed by atoms with E-state index in [1.807, 2.05) is 26.8 Å². The number of nitrogens with zero attached hydrogens (tertiary/aromatic N) is 1. The first kappa shape index (κ1) is 17.2. The molecule has 0 bridgehead atoms. The first-order valence-corrected chi connectivity index (χ1v) is 6.78. The van der Waals surface area contributed by atoms with Gasteiger partial charge in [0.05, 0.1) is 32.0 Å². The molecule has 0 amide bonds. The molecule has 1 unspecified atom stereocenters. The number of methoxy groups -OCH3 is 1. The molecule has 0 aliphatic carbocycles. The van der Waals surface area contributed by atoms with E-state index in [-0.39, 0.29) is 24.2 Å². The Balaban J connectivity index is 2.52. The third-order valence-electron chi connectivity index (χ3n) is 2.66. The zero-order valence-electron chi connectivity index (χ0n) is 13.0. The molecule has 1 atom stereocenters. The van der Waals surface area contributed by atoms with Gasteiger partial charge >= 0.3 is 5.97 Å². The van der Waals surface area contributed by atoms with Gasteiger partial charge in [0.1, 0.15) is 6.04 Å². The number of nitriles is 1. The van der Waals surface area contributed by atoms with E-state index in [0.717, 1.165) is 5.56 Å². The zero-order valence-corrected chi connectivity index (χ0v) is 13.0. The lowest BCUT2D eigenvalue weighted by Gasteiger charge is -2.24. The van der Waals surface area contributed by atoms with Gasteiger partial charge in [-0.05, 0) is 38.5 Å². The summed E-state index contributed by atoms with van der Waals surface area (Å²) in [5.74, 6) is -0.374. The molecule has 0 aromatic heterocycles. The zero-order chi connectivity index (χ0) is 15.9. The first-order chi connectivity index (χ1) is 9.85. The molecular weight excluding hydrogens is 268 g/mol. The Bertz CT molecular complexity index is 515. The van der Waals surface area contributed by atoms with Crippen LogP contribution in [0.5, 0.6) is 0 Å². The van der Waals surface area contributed by atoms with Crippen LogP contribution in [0.3, 0.4) is 0 Å². The Morgan fingerprint density at radius 2 is 2.14 bits per heavy atom. The quantitative estimate of drug-likeness (QED) is 0.814. The second-order valence-corrected chi connectivity index (χ2v) is 5.78. The van der Waals surface area contributed by atoms with E-state index in [1.165, 1.54) is 7.11 Å². The highest BCUT2D eigenvalue weighted by Gasteiger charge is 2.16. The second kappa shape index (κ2) is 7.77. The third kappa shape index (κ3) is 6.39. The molecule has 0 aliphatic heterocycles. The molecule has 1 N–H and O–H groups in total. The van der Waals surface area contributed by atoms with E-state index in [4.69, 9.17) is 10.00 Å². The van der Waals surface area contributed by atoms with E-state index in [2.05, 4.69) is 16.1 Å². The fraction of sp³-hybridized carbons (Fsp3) is 0.500. The lowest BCUT2D eigenvalue weighted by atomic mass is 10.1. The average Bonchev–Trinajstić information content (AvgIpc) is 2.44. The van der Waals surface area contributed by atoms with Crippen molar-refractivity contribution < 1.29 is 14.3 Å². The van der Waals surface area contributed by atoms with Crippen molar-refractivity contribution >= 4 is 5.97 Å². The number of nitrogens with one attached hydrogen (secondary N) is 1. The molecule has 0 aliphatic rings. The highest BCUT2D eigenvalue weighted by molar-refractivity contribution is 5.89. The maximum absolute atomic E-state index is 11.4. The number of esters is 1. The smallest absolute Gasteiger partial charge is 0.337 e. The highest BCUT2D eigenvalue weighted by atomic mass is 16.5. The van der Waals surface area contributed by atoms with Crippen molar-refractivity contribution in [1.29, 1.82) is 5.26 Å². The van der Waals surface area contributed by atoms with Gasteiger partial charge in [0.25, 0.3) is 0 Å². The van der Waals surface area contributed by atoms with Gasteiger partial charge in [-0.15, -0.1) is 0 Å². The number of hydrogen-bond acceptors (Lipinski definition) is 5. The second-order valence-electron chi connectivity index (χ2n) is 5.78. The van der Waals surface area contributed by atoms with Gasteiger partial charge in [-0.1, -0.05) is 12.1 Å². The molecule has 1 aromatic carbocycles. The Morgan fingerprint density at radius 3 is 2.71 bits per heavy atom. The van der Waals surface area contributed by atoms with Gasteiger partial charge in [0, 0.05) is 5.54 Å². The van der Waals surface area contributed by atoms with Gasteiger partial charge in [0.2, 0.25) is 0 Å². The number of carbonyl (C=O) groups is 1. The Labute approximate surface area is 125 Å². The third-order valence-corrected chi connectivity index (χ3v) is 2.66. The normalized spacial score (nSPS) is 12.5. The van der Waals surface area contributed by atoms with Gasteiger partial charge in [-0.3, -0.25) is 5.32 Å². The summed E-state index contributed by atoms with van der Waals surface area (Å²) in [7, 11) is 1.35. The van der Waals surface area contributed by atoms with Crippen LogP contribution in [0.25, 0.3) is 0 Å². The van der Waals surface area contributed by atoms with E-state index in [1.54, 1.807) is 18.2 Å². The molecule has 0 heterocycles. The predicted octanol–water partition coefficient (Wildman–Crippen LogP) is 2.27. The topological polar surface area (TPSA) is 71.3 Å². The van der Waals surface area contributed by atoms with Gasteiger partial charge in [-0.2, -0.15) is 5.26 Å². The standard InChI is InChI=1S/C16H22N2O3/c1-16(2,3)18-14(9-17)11-21-10-12-6-5-7-13(8-12)15(19)20-4/h5-8,14,18H,10-11H2,1-4H3. The van der Waals surface area contributed by atoms with Crippen molar-refractivity contribution in [2.45, 2.75) is 39.0 Å². The van der Waals surface area contributed by atoms with Crippen molar-refractivity contribution in [2.75, 3.05) is 13.7 Å². The number of ether oxygens (including phenoxy) is 2. The summed E-state index contributed by atoms with van der Waals surface area (Å²) in [6.07, 6.45) is 0. The minimum Gasteiger partial charge on any atom is -0.465 e. The molecule has 0 radical (unpaired) electrons. The summed E-state index contributed by atoms with van der Waals surface area (Å²) >= 11 is 0. The highest BCUT2D eigenvalue weighted by Crippen LogP contribution is 2.08. The monoisotopic (exact) mass is 290 g/mol. The summed E-state index contributed by atoms with van der Waals surface area (Å²) in [6.45, 7) is 6.62. The molecule has 0 fully saturated rings. The van der Waals surface area contributed by atoms with Crippen molar-refractivity contribution in [1.82, 2.24) is 5.32 Å². The summed E-state index contributed by atoms with van der Waals surface area (Å²) in [6, 6.07) is 8.87. The molecule has 21 heavy (non-hydrogen) atoms. The minimum atomic E-state index is -0.374. The van der Waals surface area contributed by atoms with E-state index < -0.39 is 0 Å². The predicted molar refractivity (Wildman–Crippen MR) is 79.7 cm³/mol. The van der Waals surface area contributed by atoms with E-state index in [0.29, 0.717) is 12.2 Å². The maximum atomic E-state index is 11.4. The largest absolute Gasteiger partial charge is 0.465 e. The van der Waals surface area contributed by atoms with Crippen LogP contribution in [0.4, 0.5) is 0 Å². The summed E-state index contributed by atoms with van der Waals surface area (Å²) < 4.78 is 10.2. The molecule has 5 heteroatoms. The summed E-state index contributed by atoms with van der Waals surface area (Å²) in [5, 5.41) is 12.3. The molecular formula is C16H22N2O3. The lowest BCUT2D eigenvalue weighted by molar-refractivity contribution is 0.0600.